The van der Waals surface area contributed by atoms with Crippen molar-refractivity contribution in [3.8, 4) is 0 Å². The molecule has 0 radical (unpaired) electrons. The molecule has 0 aromatic heterocycles. The lowest BCUT2D eigenvalue weighted by Crippen LogP contribution is -2.67. The van der Waals surface area contributed by atoms with Crippen LogP contribution in [0.25, 0.3) is 0 Å². The maximum atomic E-state index is 14.0. The van der Waals surface area contributed by atoms with Gasteiger partial charge in [-0.3, -0.25) is 9.59 Å². The van der Waals surface area contributed by atoms with Crippen molar-refractivity contribution in [1.29, 1.82) is 0 Å². The Balaban J connectivity index is 1.57. The van der Waals surface area contributed by atoms with Crippen molar-refractivity contribution in [3.05, 3.63) is 24.3 Å². The fraction of sp³-hybridized carbons (Fsp3) is 0.893. The molecule has 75 heavy (non-hydrogen) atoms. The highest BCUT2D eigenvalue weighted by atomic mass is 28.4. The number of nitrogens with one attached hydrogen (secondary N) is 1. The Morgan fingerprint density at radius 2 is 1.43 bits per heavy atom. The number of nitrogens with zero attached hydrogens (tertiary/aromatic N) is 1. The number of fused-ring (bicyclic) bond motifs is 3. The van der Waals surface area contributed by atoms with Crippen LogP contribution in [0.1, 0.15) is 135 Å². The fourth-order valence-electron chi connectivity index (χ4n) is 10.9. The largest absolute Gasteiger partial charge is 0.462 e. The standard InChI is InChI=1S/C56H102N2O15Si2/c1-33-29-39-30-45(72-74(18,19)54(7,8)9)69-42(31-43(60)63-34(2)25-23-22-24-26-41(33)68-44-28-27-40(57-14)35(3)64-44)50(62-17)49(39)71-53-51(67-38(6)59)47(58(15)16)48(36(4)66-53)70-46-32-56(13,61)52(37(5)65-46)73-75(20,21)55(10,11)12/h22-24,26,33-37,39-42,44-53,57,61H,25,27-32H2,1-21H3/b23-22+,26-24+/t33-,34-,35-,36-,37+,39-,40+,41+,42-,44+,45-,46+,47+,48-,49+,50+,51-,52+,53+,56-/m1/s1. The molecule has 0 aliphatic carbocycles. The number of methoxy groups -OCH3 is 1. The molecule has 4 fully saturated rings. The van der Waals surface area contributed by atoms with Crippen LogP contribution in [0.4, 0.5) is 0 Å². The summed E-state index contributed by atoms with van der Waals surface area (Å²) in [7, 11) is 2.56. The summed E-state index contributed by atoms with van der Waals surface area (Å²) in [6, 6.07) is -0.401. The van der Waals surface area contributed by atoms with Crippen molar-refractivity contribution in [3.63, 3.8) is 0 Å². The van der Waals surface area contributed by atoms with Gasteiger partial charge in [0.2, 0.25) is 0 Å². The second-order valence-corrected chi connectivity index (χ2v) is 35.4. The maximum Gasteiger partial charge on any atom is 0.308 e. The zero-order valence-corrected chi connectivity index (χ0v) is 51.8. The Bertz CT molecular complexity index is 1890. The van der Waals surface area contributed by atoms with Gasteiger partial charge in [0.25, 0.3) is 0 Å². The summed E-state index contributed by atoms with van der Waals surface area (Å²) in [5, 5.41) is 15.2. The van der Waals surface area contributed by atoms with Crippen molar-refractivity contribution in [2.24, 2.45) is 11.8 Å². The summed E-state index contributed by atoms with van der Waals surface area (Å²) in [6.45, 7) is 34.9. The molecule has 0 unspecified atom stereocenters. The number of esters is 2. The lowest BCUT2D eigenvalue weighted by atomic mass is 9.82. The first kappa shape index (κ1) is 64.2. The first-order valence-corrected chi connectivity index (χ1v) is 33.7. The molecule has 0 amide bonds. The van der Waals surface area contributed by atoms with E-state index in [-0.39, 0.29) is 53.0 Å². The van der Waals surface area contributed by atoms with Gasteiger partial charge in [0, 0.05) is 39.3 Å². The van der Waals surface area contributed by atoms with Crippen LogP contribution < -0.4 is 5.32 Å². The maximum absolute atomic E-state index is 14.0. The van der Waals surface area contributed by atoms with E-state index in [0.29, 0.717) is 19.3 Å². The first-order chi connectivity index (χ1) is 34.7. The van der Waals surface area contributed by atoms with Crippen molar-refractivity contribution in [1.82, 2.24) is 10.2 Å². The van der Waals surface area contributed by atoms with Gasteiger partial charge in [-0.05, 0) is 123 Å². The summed E-state index contributed by atoms with van der Waals surface area (Å²) in [4.78, 5) is 29.3. The lowest BCUT2D eigenvalue weighted by molar-refractivity contribution is -0.343. The predicted molar refractivity (Wildman–Crippen MR) is 293 cm³/mol. The number of hydrogen-bond acceptors (Lipinski definition) is 17. The number of allylic oxidation sites excluding steroid dienone is 2. The summed E-state index contributed by atoms with van der Waals surface area (Å²) < 4.78 is 81.0. The number of rotatable bonds is 14. The van der Waals surface area contributed by atoms with Crippen LogP contribution in [0, 0.1) is 11.8 Å². The SMILES string of the molecule is CN[C@H]1CC[C@H](O[C@H]2/C=C/C=C/C[C@@H](C)OC(=O)C[C@H]3O[C@H](O[Si](C)(C)C(C)(C)C)C[C@@H](C[C@H]2C)[C@H](O[C@@H]2O[C@H](C)[C@@H](O[C@H]4C[C@@](C)(O)[C@@H](O[Si](C)(C)C(C)(C)C)[C@H](C)O4)[C@H](N(C)C)[C@H]2OC(C)=O)[C@H]3OC)O[C@@H]1C. The molecular weight excluding hydrogens is 997 g/mol. The van der Waals surface area contributed by atoms with E-state index in [1.807, 2.05) is 65.0 Å². The third kappa shape index (κ3) is 16.7. The Morgan fingerprint density at radius 3 is 2.00 bits per heavy atom. The smallest absolute Gasteiger partial charge is 0.308 e. The molecule has 4 saturated heterocycles. The van der Waals surface area contributed by atoms with Crippen LogP contribution in [0.15, 0.2) is 24.3 Å². The van der Waals surface area contributed by atoms with Gasteiger partial charge in [0.15, 0.2) is 41.6 Å². The van der Waals surface area contributed by atoms with E-state index in [0.717, 1.165) is 12.8 Å². The summed E-state index contributed by atoms with van der Waals surface area (Å²) in [5.74, 6) is -1.45. The zero-order valence-electron chi connectivity index (χ0n) is 49.8. The van der Waals surface area contributed by atoms with Crippen molar-refractivity contribution >= 4 is 28.6 Å². The average molecular weight is 1100 g/mol. The van der Waals surface area contributed by atoms with Crippen LogP contribution in [0.3, 0.4) is 0 Å². The molecular formula is C56H102N2O15Si2. The van der Waals surface area contributed by atoms with E-state index >= 15 is 0 Å². The fourth-order valence-corrected chi connectivity index (χ4v) is 13.5. The van der Waals surface area contributed by atoms with Crippen molar-refractivity contribution in [2.75, 3.05) is 28.3 Å². The van der Waals surface area contributed by atoms with Gasteiger partial charge in [-0.2, -0.15) is 0 Å². The van der Waals surface area contributed by atoms with Crippen LogP contribution >= 0.6 is 0 Å². The minimum atomic E-state index is -2.50. The van der Waals surface area contributed by atoms with E-state index in [9.17, 15) is 14.7 Å². The second kappa shape index (κ2) is 26.3. The van der Waals surface area contributed by atoms with Gasteiger partial charge in [-0.15, -0.1) is 0 Å². The molecule has 2 N–H and O–H groups in total. The predicted octanol–water partition coefficient (Wildman–Crippen LogP) is 8.77. The number of aliphatic hydroxyl groups is 1. The van der Waals surface area contributed by atoms with Gasteiger partial charge in [0.05, 0.1) is 60.8 Å². The van der Waals surface area contributed by atoms with E-state index in [1.54, 1.807) is 14.0 Å². The molecule has 2 bridgehead atoms. The molecule has 20 atom stereocenters. The third-order valence-electron chi connectivity index (χ3n) is 17.2. The Morgan fingerprint density at radius 1 is 0.787 bits per heavy atom. The number of carbonyl (C=O) groups excluding carboxylic acids is 2. The van der Waals surface area contributed by atoms with E-state index in [2.05, 4.69) is 93.0 Å². The molecule has 0 saturated carbocycles. The minimum absolute atomic E-state index is 0.0419. The number of ether oxygens (including phenoxy) is 10. The van der Waals surface area contributed by atoms with Crippen LogP contribution in [-0.4, -0.2) is 177 Å². The van der Waals surface area contributed by atoms with Gasteiger partial charge in [0.1, 0.15) is 24.6 Å². The minimum Gasteiger partial charge on any atom is -0.462 e. The average Bonchev–Trinajstić information content (AvgIpc) is 3.38. The molecule has 0 aromatic rings. The highest BCUT2D eigenvalue weighted by Gasteiger charge is 2.56. The number of cyclic esters (lactones) is 1. The first-order valence-electron chi connectivity index (χ1n) is 27.9. The lowest BCUT2D eigenvalue weighted by Gasteiger charge is -2.52. The molecule has 17 nitrogen and oxygen atoms in total. The molecule has 5 rings (SSSR count). The molecule has 5 aliphatic rings. The van der Waals surface area contributed by atoms with Gasteiger partial charge in [-0.25, -0.2) is 0 Å². The third-order valence-corrected chi connectivity index (χ3v) is 26.1. The Kier molecular flexibility index (Phi) is 22.5. The molecule has 5 heterocycles. The Hall–Kier alpha value is -1.67. The zero-order chi connectivity index (χ0) is 56.2. The topological polar surface area (TPSA) is 180 Å². The quantitative estimate of drug-likeness (QED) is 0.124. The summed E-state index contributed by atoms with van der Waals surface area (Å²) in [5.41, 5.74) is -1.29. The van der Waals surface area contributed by atoms with Crippen molar-refractivity contribution in [2.45, 2.75) is 281 Å². The number of hydrogen-bond donors (Lipinski definition) is 2. The molecule has 19 heteroatoms. The van der Waals surface area contributed by atoms with E-state index < -0.39 is 120 Å². The molecule has 434 valence electrons. The Labute approximate surface area is 453 Å². The summed E-state index contributed by atoms with van der Waals surface area (Å²) in [6.07, 6.45) is 1.04. The normalized spacial score (nSPS) is 41.2. The van der Waals surface area contributed by atoms with Crippen LogP contribution in [0.2, 0.25) is 36.3 Å². The van der Waals surface area contributed by atoms with E-state index in [1.165, 1.54) is 6.92 Å². The number of carbonyl (C=O) groups is 2. The summed E-state index contributed by atoms with van der Waals surface area (Å²) >= 11 is 0. The monoisotopic (exact) mass is 1100 g/mol. The highest BCUT2D eigenvalue weighted by Crippen LogP contribution is 2.45. The second-order valence-electron chi connectivity index (χ2n) is 25.9. The highest BCUT2D eigenvalue weighted by molar-refractivity contribution is 6.74. The van der Waals surface area contributed by atoms with Gasteiger partial charge >= 0.3 is 11.9 Å². The molecule has 0 spiro atoms. The van der Waals surface area contributed by atoms with Crippen LogP contribution in [-0.2, 0) is 65.8 Å². The van der Waals surface area contributed by atoms with E-state index in [4.69, 9.17) is 56.2 Å². The molecule has 5 aliphatic heterocycles. The van der Waals surface area contributed by atoms with Crippen LogP contribution in [0.5, 0.6) is 0 Å². The number of likely N-dealkylation sites (N-methyl/N-ethyl adjacent to an activating group) is 2. The van der Waals surface area contributed by atoms with Crippen molar-refractivity contribution < 1.29 is 70.9 Å². The van der Waals surface area contributed by atoms with Gasteiger partial charge in [-0.1, -0.05) is 72.8 Å². The van der Waals surface area contributed by atoms with Gasteiger partial charge < -0.3 is 71.5 Å². The molecule has 0 aromatic carbocycles.